The number of hydrogen-bond acceptors (Lipinski definition) is 5. The van der Waals surface area contributed by atoms with Crippen molar-refractivity contribution in [3.8, 4) is 0 Å². The van der Waals surface area contributed by atoms with Crippen molar-refractivity contribution in [3.05, 3.63) is 54.1 Å². The number of benzene rings is 2. The monoisotopic (exact) mass is 380 g/mol. The SMILES string of the molecule is C[C@H]1Cc2ccccc2N1C(=O)CSc1nnc2sc3ccccc3n12. The molecule has 0 saturated carbocycles. The van der Waals surface area contributed by atoms with Crippen LogP contribution in [0, 0.1) is 0 Å². The van der Waals surface area contributed by atoms with Crippen molar-refractivity contribution in [1.82, 2.24) is 14.6 Å². The van der Waals surface area contributed by atoms with E-state index in [1.165, 1.54) is 22.0 Å². The molecule has 5 rings (SSSR count). The second-order valence-electron chi connectivity index (χ2n) is 6.40. The number of anilines is 1. The molecule has 7 heteroatoms. The molecule has 26 heavy (non-hydrogen) atoms. The summed E-state index contributed by atoms with van der Waals surface area (Å²) < 4.78 is 3.21. The highest BCUT2D eigenvalue weighted by Gasteiger charge is 2.30. The molecule has 1 amide bonds. The third kappa shape index (κ3) is 2.42. The van der Waals surface area contributed by atoms with Gasteiger partial charge in [0.25, 0.3) is 0 Å². The van der Waals surface area contributed by atoms with E-state index in [1.807, 2.05) is 39.6 Å². The normalized spacial score (nSPS) is 16.5. The minimum Gasteiger partial charge on any atom is -0.308 e. The summed E-state index contributed by atoms with van der Waals surface area (Å²) in [5.41, 5.74) is 3.37. The number of carbonyl (C=O) groups excluding carboxylic acids is 1. The third-order valence-corrected chi connectivity index (χ3v) is 6.64. The number of fused-ring (bicyclic) bond motifs is 4. The molecule has 1 atom stereocenters. The predicted molar refractivity (Wildman–Crippen MR) is 106 cm³/mol. The second kappa shape index (κ2) is 6.10. The Morgan fingerprint density at radius 1 is 1.19 bits per heavy atom. The van der Waals surface area contributed by atoms with E-state index in [0.29, 0.717) is 5.75 Å². The van der Waals surface area contributed by atoms with Crippen molar-refractivity contribution in [2.75, 3.05) is 10.7 Å². The van der Waals surface area contributed by atoms with E-state index < -0.39 is 0 Å². The molecule has 1 aliphatic rings. The summed E-state index contributed by atoms with van der Waals surface area (Å²) in [5.74, 6) is 0.465. The first-order chi connectivity index (χ1) is 12.7. The summed E-state index contributed by atoms with van der Waals surface area (Å²) in [6, 6.07) is 16.5. The number of hydrogen-bond donors (Lipinski definition) is 0. The first-order valence-electron chi connectivity index (χ1n) is 8.48. The maximum Gasteiger partial charge on any atom is 0.237 e. The summed E-state index contributed by atoms with van der Waals surface area (Å²) >= 11 is 3.07. The van der Waals surface area contributed by atoms with Crippen LogP contribution in [0.3, 0.4) is 0 Å². The van der Waals surface area contributed by atoms with Gasteiger partial charge >= 0.3 is 0 Å². The van der Waals surface area contributed by atoms with E-state index in [4.69, 9.17) is 0 Å². The lowest BCUT2D eigenvalue weighted by Crippen LogP contribution is -2.37. The van der Waals surface area contributed by atoms with Crippen LogP contribution < -0.4 is 4.90 Å². The smallest absolute Gasteiger partial charge is 0.237 e. The molecule has 4 aromatic rings. The van der Waals surface area contributed by atoms with Crippen LogP contribution in [0.5, 0.6) is 0 Å². The van der Waals surface area contributed by atoms with Gasteiger partial charge in [0.2, 0.25) is 10.9 Å². The summed E-state index contributed by atoms with van der Waals surface area (Å²) in [6.45, 7) is 2.10. The summed E-state index contributed by atoms with van der Waals surface area (Å²) in [5, 5.41) is 9.32. The number of nitrogens with zero attached hydrogens (tertiary/aromatic N) is 4. The number of thiazole rings is 1. The van der Waals surface area contributed by atoms with E-state index in [0.717, 1.165) is 27.7 Å². The average Bonchev–Trinajstić information content (AvgIpc) is 3.30. The molecule has 0 spiro atoms. The summed E-state index contributed by atoms with van der Waals surface area (Å²) in [6.07, 6.45) is 0.914. The van der Waals surface area contributed by atoms with Crippen molar-refractivity contribution >= 4 is 49.9 Å². The summed E-state index contributed by atoms with van der Waals surface area (Å²) in [4.78, 5) is 15.7. The topological polar surface area (TPSA) is 50.5 Å². The van der Waals surface area contributed by atoms with Gasteiger partial charge in [0.1, 0.15) is 0 Å². The van der Waals surface area contributed by atoms with E-state index in [-0.39, 0.29) is 11.9 Å². The van der Waals surface area contributed by atoms with Crippen molar-refractivity contribution in [2.45, 2.75) is 24.5 Å². The van der Waals surface area contributed by atoms with Crippen LogP contribution in [0.25, 0.3) is 15.2 Å². The zero-order chi connectivity index (χ0) is 17.7. The van der Waals surface area contributed by atoms with Gasteiger partial charge < -0.3 is 4.90 Å². The number of para-hydroxylation sites is 2. The maximum atomic E-state index is 12.9. The molecule has 0 unspecified atom stereocenters. The predicted octanol–water partition coefficient (Wildman–Crippen LogP) is 4.01. The molecule has 1 aliphatic heterocycles. The summed E-state index contributed by atoms with van der Waals surface area (Å²) in [7, 11) is 0. The molecule has 0 aliphatic carbocycles. The van der Waals surface area contributed by atoms with Gasteiger partial charge in [-0.25, -0.2) is 0 Å². The van der Waals surface area contributed by atoms with Crippen LogP contribution in [0.1, 0.15) is 12.5 Å². The van der Waals surface area contributed by atoms with E-state index in [9.17, 15) is 4.79 Å². The van der Waals surface area contributed by atoms with Gasteiger partial charge in [-0.05, 0) is 37.1 Å². The molecule has 2 aromatic heterocycles. The molecule has 130 valence electrons. The first-order valence-corrected chi connectivity index (χ1v) is 10.3. The zero-order valence-corrected chi connectivity index (χ0v) is 15.8. The number of carbonyl (C=O) groups is 1. The molecule has 0 radical (unpaired) electrons. The highest BCUT2D eigenvalue weighted by Crippen LogP contribution is 2.33. The standard InChI is InChI=1S/C19H16N4OS2/c1-12-10-13-6-2-3-7-14(13)22(12)17(24)11-25-18-20-21-19-23(18)15-8-4-5-9-16(15)26-19/h2-9,12H,10-11H2,1H3/t12-/m0/s1. The van der Waals surface area contributed by atoms with Crippen LogP contribution in [0.15, 0.2) is 53.7 Å². The van der Waals surface area contributed by atoms with Crippen LogP contribution in [0.2, 0.25) is 0 Å². The fourth-order valence-electron chi connectivity index (χ4n) is 3.59. The molecule has 5 nitrogen and oxygen atoms in total. The van der Waals surface area contributed by atoms with Gasteiger partial charge in [0.15, 0.2) is 5.16 Å². The van der Waals surface area contributed by atoms with Gasteiger partial charge in [-0.2, -0.15) is 0 Å². The molecule has 0 bridgehead atoms. The minimum absolute atomic E-state index is 0.115. The van der Waals surface area contributed by atoms with Crippen molar-refractivity contribution in [1.29, 1.82) is 0 Å². The van der Waals surface area contributed by atoms with Crippen LogP contribution in [-0.4, -0.2) is 32.3 Å². The lowest BCUT2D eigenvalue weighted by Gasteiger charge is -2.22. The number of thioether (sulfide) groups is 1. The van der Waals surface area contributed by atoms with Crippen LogP contribution >= 0.6 is 23.1 Å². The fourth-order valence-corrected chi connectivity index (χ4v) is 5.42. The average molecular weight is 380 g/mol. The second-order valence-corrected chi connectivity index (χ2v) is 8.36. The molecule has 2 aromatic carbocycles. The van der Waals surface area contributed by atoms with Crippen LogP contribution in [0.4, 0.5) is 5.69 Å². The van der Waals surface area contributed by atoms with Crippen molar-refractivity contribution in [3.63, 3.8) is 0 Å². The largest absolute Gasteiger partial charge is 0.308 e. The first kappa shape index (κ1) is 15.8. The zero-order valence-electron chi connectivity index (χ0n) is 14.1. The highest BCUT2D eigenvalue weighted by molar-refractivity contribution is 7.99. The van der Waals surface area contributed by atoms with Crippen LogP contribution in [-0.2, 0) is 11.2 Å². The van der Waals surface area contributed by atoms with Gasteiger partial charge in [-0.1, -0.05) is 53.4 Å². The van der Waals surface area contributed by atoms with Gasteiger partial charge in [0, 0.05) is 11.7 Å². The van der Waals surface area contributed by atoms with Crippen molar-refractivity contribution in [2.24, 2.45) is 0 Å². The third-order valence-electron chi connectivity index (χ3n) is 4.71. The van der Waals surface area contributed by atoms with E-state index in [2.05, 4.69) is 35.3 Å². The fraction of sp³-hybridized carbons (Fsp3) is 0.211. The molecular weight excluding hydrogens is 364 g/mol. The Kier molecular flexibility index (Phi) is 3.72. The Labute approximate surface area is 158 Å². The molecule has 3 heterocycles. The van der Waals surface area contributed by atoms with Gasteiger partial charge in [-0.15, -0.1) is 10.2 Å². The van der Waals surface area contributed by atoms with Gasteiger partial charge in [0.05, 0.1) is 16.0 Å². The number of rotatable bonds is 3. The van der Waals surface area contributed by atoms with E-state index in [1.54, 1.807) is 11.3 Å². The van der Waals surface area contributed by atoms with Gasteiger partial charge in [-0.3, -0.25) is 9.20 Å². The molecule has 0 N–H and O–H groups in total. The number of aromatic nitrogens is 3. The van der Waals surface area contributed by atoms with Crippen molar-refractivity contribution < 1.29 is 4.79 Å². The minimum atomic E-state index is 0.115. The maximum absolute atomic E-state index is 12.9. The Morgan fingerprint density at radius 2 is 2.00 bits per heavy atom. The Hall–Kier alpha value is -2.38. The Bertz CT molecular complexity index is 1130. The lowest BCUT2D eigenvalue weighted by molar-refractivity contribution is -0.116. The Morgan fingerprint density at radius 3 is 2.92 bits per heavy atom. The lowest BCUT2D eigenvalue weighted by atomic mass is 10.1. The molecule has 0 saturated heterocycles. The number of amides is 1. The molecule has 0 fully saturated rings. The Balaban J connectivity index is 1.41. The quantitative estimate of drug-likeness (QED) is 0.504. The van der Waals surface area contributed by atoms with E-state index >= 15 is 0 Å². The highest BCUT2D eigenvalue weighted by atomic mass is 32.2. The molecular formula is C19H16N4OS2.